The topological polar surface area (TPSA) is 79.2 Å². The van der Waals surface area contributed by atoms with Gasteiger partial charge < -0.3 is 14.3 Å². The summed E-state index contributed by atoms with van der Waals surface area (Å²) in [5.41, 5.74) is 3.35. The maximum atomic E-state index is 13.2. The largest absolute Gasteiger partial charge is 0.451 e. The van der Waals surface area contributed by atoms with Crippen LogP contribution in [0.4, 0.5) is 0 Å². The van der Waals surface area contributed by atoms with Crippen LogP contribution in [0.1, 0.15) is 52.5 Å². The van der Waals surface area contributed by atoms with Crippen molar-refractivity contribution in [3.63, 3.8) is 0 Å². The average Bonchev–Trinajstić information content (AvgIpc) is 3.52. The van der Waals surface area contributed by atoms with Crippen LogP contribution in [0.25, 0.3) is 22.4 Å². The Morgan fingerprint density at radius 2 is 1.87 bits per heavy atom. The molecular formula is C24H21N3O3. The molecule has 2 aromatic heterocycles. The normalized spacial score (nSPS) is 16.3. The highest BCUT2D eigenvalue weighted by Crippen LogP contribution is 2.33. The number of benzene rings is 2. The Bertz CT molecular complexity index is 1200. The fraction of sp³-hybridized carbons (Fsp3) is 0.208. The number of H-pyrrole nitrogens is 1. The number of hydrogen-bond acceptors (Lipinski definition) is 4. The number of carbonyl (C=O) groups excluding carboxylic acids is 2. The second-order valence-electron chi connectivity index (χ2n) is 7.59. The van der Waals surface area contributed by atoms with Gasteiger partial charge in [0.15, 0.2) is 11.5 Å². The minimum atomic E-state index is -0.135. The van der Waals surface area contributed by atoms with E-state index in [0.717, 1.165) is 35.3 Å². The Kier molecular flexibility index (Phi) is 4.47. The number of fused-ring (bicyclic) bond motifs is 1. The number of imidazole rings is 1. The molecule has 5 rings (SSSR count). The fourth-order valence-corrected chi connectivity index (χ4v) is 4.04. The quantitative estimate of drug-likeness (QED) is 0.490. The standard InChI is InChI=1S/C24H21N3O3/c1-15(28)16-8-10-17(11-9-16)21-12-13-22(30-21)24(29)27-14-4-7-20(27)23-25-18-5-2-3-6-19(18)26-23/h2-3,5-6,8-13,20H,4,7,14H2,1H3,(H,25,26)/t20-/m1/s1. The molecule has 1 aliphatic rings. The molecule has 1 N–H and O–H groups in total. The van der Waals surface area contributed by atoms with Crippen LogP contribution in [0.2, 0.25) is 0 Å². The molecule has 30 heavy (non-hydrogen) atoms. The Balaban J connectivity index is 1.39. The zero-order valence-electron chi connectivity index (χ0n) is 16.6. The third-order valence-electron chi connectivity index (χ3n) is 5.63. The number of rotatable bonds is 4. The van der Waals surface area contributed by atoms with Gasteiger partial charge in [0.25, 0.3) is 5.91 Å². The highest BCUT2D eigenvalue weighted by molar-refractivity contribution is 5.95. The van der Waals surface area contributed by atoms with Crippen molar-refractivity contribution in [2.75, 3.05) is 6.54 Å². The van der Waals surface area contributed by atoms with E-state index in [1.165, 1.54) is 6.92 Å². The number of Topliss-reactive ketones (excluding diaryl/α,β-unsaturated/α-hetero) is 1. The molecule has 0 unspecified atom stereocenters. The second kappa shape index (κ2) is 7.30. The molecule has 1 fully saturated rings. The molecule has 1 atom stereocenters. The first-order valence-corrected chi connectivity index (χ1v) is 10.1. The van der Waals surface area contributed by atoms with Crippen LogP contribution < -0.4 is 0 Å². The molecule has 4 aromatic rings. The van der Waals surface area contributed by atoms with Crippen molar-refractivity contribution in [1.82, 2.24) is 14.9 Å². The van der Waals surface area contributed by atoms with E-state index in [9.17, 15) is 9.59 Å². The summed E-state index contributed by atoms with van der Waals surface area (Å²) in [5.74, 6) is 1.61. The van der Waals surface area contributed by atoms with Crippen molar-refractivity contribution in [1.29, 1.82) is 0 Å². The Morgan fingerprint density at radius 1 is 1.07 bits per heavy atom. The number of hydrogen-bond donors (Lipinski definition) is 1. The molecule has 6 nitrogen and oxygen atoms in total. The number of likely N-dealkylation sites (tertiary alicyclic amines) is 1. The number of nitrogens with zero attached hydrogens (tertiary/aromatic N) is 2. The van der Waals surface area contributed by atoms with Crippen LogP contribution in [0, 0.1) is 0 Å². The molecular weight excluding hydrogens is 378 g/mol. The predicted molar refractivity (Wildman–Crippen MR) is 113 cm³/mol. The van der Waals surface area contributed by atoms with E-state index in [0.29, 0.717) is 23.6 Å². The molecule has 0 saturated carbocycles. The van der Waals surface area contributed by atoms with Crippen LogP contribution in [0.15, 0.2) is 65.1 Å². The molecule has 1 aliphatic heterocycles. The van der Waals surface area contributed by atoms with E-state index in [1.807, 2.05) is 41.3 Å². The number of nitrogens with one attached hydrogen (secondary N) is 1. The third-order valence-corrected chi connectivity index (χ3v) is 5.63. The zero-order valence-corrected chi connectivity index (χ0v) is 16.6. The van der Waals surface area contributed by atoms with Crippen molar-refractivity contribution in [3.8, 4) is 11.3 Å². The van der Waals surface area contributed by atoms with Gasteiger partial charge in [0.05, 0.1) is 17.1 Å². The van der Waals surface area contributed by atoms with Crippen molar-refractivity contribution in [2.24, 2.45) is 0 Å². The van der Waals surface area contributed by atoms with Crippen LogP contribution in [-0.4, -0.2) is 33.1 Å². The summed E-state index contributed by atoms with van der Waals surface area (Å²) in [5, 5.41) is 0. The number of aromatic amines is 1. The summed E-state index contributed by atoms with van der Waals surface area (Å²) in [6, 6.07) is 18.5. The molecule has 3 heterocycles. The van der Waals surface area contributed by atoms with Gasteiger partial charge in [-0.25, -0.2) is 4.98 Å². The first kappa shape index (κ1) is 18.4. The molecule has 0 bridgehead atoms. The van der Waals surface area contributed by atoms with Crippen molar-refractivity contribution in [3.05, 3.63) is 77.8 Å². The summed E-state index contributed by atoms with van der Waals surface area (Å²) < 4.78 is 5.88. The molecule has 0 aliphatic carbocycles. The molecule has 1 saturated heterocycles. The van der Waals surface area contributed by atoms with E-state index in [1.54, 1.807) is 24.3 Å². The molecule has 0 spiro atoms. The predicted octanol–water partition coefficient (Wildman–Crippen LogP) is 5.00. The van der Waals surface area contributed by atoms with E-state index in [-0.39, 0.29) is 17.7 Å². The van der Waals surface area contributed by atoms with Gasteiger partial charge in [0.2, 0.25) is 0 Å². The lowest BCUT2D eigenvalue weighted by atomic mass is 10.1. The maximum absolute atomic E-state index is 13.2. The van der Waals surface area contributed by atoms with E-state index >= 15 is 0 Å². The number of para-hydroxylation sites is 2. The molecule has 150 valence electrons. The Morgan fingerprint density at radius 3 is 2.63 bits per heavy atom. The average molecular weight is 399 g/mol. The maximum Gasteiger partial charge on any atom is 0.290 e. The molecule has 1 amide bonds. The highest BCUT2D eigenvalue weighted by Gasteiger charge is 2.34. The van der Waals surface area contributed by atoms with Gasteiger partial charge in [-0.3, -0.25) is 9.59 Å². The number of amides is 1. The van der Waals surface area contributed by atoms with Gasteiger partial charge in [0, 0.05) is 17.7 Å². The number of furan rings is 1. The van der Waals surface area contributed by atoms with Crippen LogP contribution >= 0.6 is 0 Å². The van der Waals surface area contributed by atoms with Crippen LogP contribution in [0.5, 0.6) is 0 Å². The highest BCUT2D eigenvalue weighted by atomic mass is 16.4. The van der Waals surface area contributed by atoms with E-state index < -0.39 is 0 Å². The van der Waals surface area contributed by atoms with Gasteiger partial charge in [-0.1, -0.05) is 36.4 Å². The van der Waals surface area contributed by atoms with Gasteiger partial charge in [-0.2, -0.15) is 0 Å². The number of ketones is 1. The smallest absolute Gasteiger partial charge is 0.290 e. The van der Waals surface area contributed by atoms with Gasteiger partial charge in [0.1, 0.15) is 11.6 Å². The Hall–Kier alpha value is -3.67. The van der Waals surface area contributed by atoms with E-state index in [4.69, 9.17) is 4.42 Å². The second-order valence-corrected chi connectivity index (χ2v) is 7.59. The SMILES string of the molecule is CC(=O)c1ccc(-c2ccc(C(=O)N3CCC[C@@H]3c3nc4ccccc4[nH]3)o2)cc1. The zero-order chi connectivity index (χ0) is 20.7. The third kappa shape index (κ3) is 3.20. The summed E-state index contributed by atoms with van der Waals surface area (Å²) >= 11 is 0. The molecule has 0 radical (unpaired) electrons. The monoisotopic (exact) mass is 399 g/mol. The minimum Gasteiger partial charge on any atom is -0.451 e. The summed E-state index contributed by atoms with van der Waals surface area (Å²) in [7, 11) is 0. The lowest BCUT2D eigenvalue weighted by Crippen LogP contribution is -2.30. The number of aromatic nitrogens is 2. The Labute approximate surface area is 173 Å². The van der Waals surface area contributed by atoms with Crippen LogP contribution in [0.3, 0.4) is 0 Å². The fourth-order valence-electron chi connectivity index (χ4n) is 4.04. The van der Waals surface area contributed by atoms with Crippen molar-refractivity contribution in [2.45, 2.75) is 25.8 Å². The summed E-state index contributed by atoms with van der Waals surface area (Å²) in [4.78, 5) is 34.5. The van der Waals surface area contributed by atoms with Gasteiger partial charge in [-0.05, 0) is 44.0 Å². The summed E-state index contributed by atoms with van der Waals surface area (Å²) in [6.07, 6.45) is 1.79. The van der Waals surface area contributed by atoms with Crippen molar-refractivity contribution >= 4 is 22.7 Å². The number of carbonyl (C=O) groups is 2. The first-order chi connectivity index (χ1) is 14.6. The molecule has 6 heteroatoms. The summed E-state index contributed by atoms with van der Waals surface area (Å²) in [6.45, 7) is 2.21. The van der Waals surface area contributed by atoms with Gasteiger partial charge >= 0.3 is 0 Å². The minimum absolute atomic E-state index is 0.0162. The molecule has 2 aromatic carbocycles. The first-order valence-electron chi connectivity index (χ1n) is 10.1. The lowest BCUT2D eigenvalue weighted by Gasteiger charge is -2.22. The van der Waals surface area contributed by atoms with Gasteiger partial charge in [-0.15, -0.1) is 0 Å². The lowest BCUT2D eigenvalue weighted by molar-refractivity contribution is 0.0699. The van der Waals surface area contributed by atoms with Crippen molar-refractivity contribution < 1.29 is 14.0 Å². The van der Waals surface area contributed by atoms with E-state index in [2.05, 4.69) is 9.97 Å². The van der Waals surface area contributed by atoms with Crippen LogP contribution in [-0.2, 0) is 0 Å².